The van der Waals surface area contributed by atoms with Gasteiger partial charge in [0.05, 0.1) is 7.11 Å². The standard InChI is InChI=1S/C20H20N2O5/c1-3-12-27-17-10-6-15(7-11-17)20(25)22-16-8-4-14(5-9-16)19(24)21-13-18(23)26-2/h3-11H,1,12-13H2,2H3,(H,21,24)(H,22,25). The fourth-order valence-electron chi connectivity index (χ4n) is 2.09. The third-order valence-corrected chi connectivity index (χ3v) is 3.51. The third kappa shape index (κ3) is 6.00. The quantitative estimate of drug-likeness (QED) is 0.551. The second-order valence-electron chi connectivity index (χ2n) is 5.41. The molecule has 0 unspecified atom stereocenters. The highest BCUT2D eigenvalue weighted by Crippen LogP contribution is 2.15. The molecule has 0 saturated heterocycles. The van der Waals surface area contributed by atoms with Crippen LogP contribution in [0.1, 0.15) is 20.7 Å². The smallest absolute Gasteiger partial charge is 0.325 e. The lowest BCUT2D eigenvalue weighted by molar-refractivity contribution is -0.139. The molecule has 0 fully saturated rings. The van der Waals surface area contributed by atoms with Crippen molar-refractivity contribution in [3.63, 3.8) is 0 Å². The summed E-state index contributed by atoms with van der Waals surface area (Å²) in [5.41, 5.74) is 1.37. The van der Waals surface area contributed by atoms with E-state index in [1.54, 1.807) is 54.6 Å². The topological polar surface area (TPSA) is 93.7 Å². The first-order chi connectivity index (χ1) is 13.0. The van der Waals surface area contributed by atoms with Gasteiger partial charge in [-0.05, 0) is 48.5 Å². The zero-order valence-corrected chi connectivity index (χ0v) is 14.9. The number of anilines is 1. The minimum Gasteiger partial charge on any atom is -0.490 e. The van der Waals surface area contributed by atoms with Crippen molar-refractivity contribution in [1.82, 2.24) is 5.32 Å². The second-order valence-corrected chi connectivity index (χ2v) is 5.41. The van der Waals surface area contributed by atoms with Gasteiger partial charge in [0.25, 0.3) is 11.8 Å². The van der Waals surface area contributed by atoms with Crippen molar-refractivity contribution >= 4 is 23.5 Å². The van der Waals surface area contributed by atoms with Crippen LogP contribution >= 0.6 is 0 Å². The van der Waals surface area contributed by atoms with Gasteiger partial charge < -0.3 is 20.1 Å². The summed E-state index contributed by atoms with van der Waals surface area (Å²) in [6.45, 7) is 3.76. The predicted molar refractivity (Wildman–Crippen MR) is 101 cm³/mol. The van der Waals surface area contributed by atoms with Gasteiger partial charge in [-0.3, -0.25) is 14.4 Å². The maximum atomic E-state index is 12.3. The molecule has 27 heavy (non-hydrogen) atoms. The molecule has 2 amide bonds. The molecule has 2 aromatic carbocycles. The summed E-state index contributed by atoms with van der Waals surface area (Å²) in [7, 11) is 1.24. The van der Waals surface area contributed by atoms with Crippen molar-refractivity contribution in [2.24, 2.45) is 0 Å². The normalized spacial score (nSPS) is 9.81. The molecule has 7 nitrogen and oxygen atoms in total. The Morgan fingerprint density at radius 3 is 2.15 bits per heavy atom. The van der Waals surface area contributed by atoms with Gasteiger partial charge in [0.1, 0.15) is 18.9 Å². The van der Waals surface area contributed by atoms with Crippen LogP contribution in [0.3, 0.4) is 0 Å². The summed E-state index contributed by atoms with van der Waals surface area (Å²) >= 11 is 0. The molecular formula is C20H20N2O5. The second kappa shape index (κ2) is 9.76. The third-order valence-electron chi connectivity index (χ3n) is 3.51. The molecule has 0 aromatic heterocycles. The minimum absolute atomic E-state index is 0.208. The van der Waals surface area contributed by atoms with E-state index < -0.39 is 11.9 Å². The molecule has 0 radical (unpaired) electrons. The molecule has 0 aliphatic heterocycles. The van der Waals surface area contributed by atoms with Gasteiger partial charge >= 0.3 is 5.97 Å². The van der Waals surface area contributed by atoms with E-state index in [0.717, 1.165) is 0 Å². The first-order valence-corrected chi connectivity index (χ1v) is 8.13. The van der Waals surface area contributed by atoms with Gasteiger partial charge in [-0.15, -0.1) is 0 Å². The van der Waals surface area contributed by atoms with E-state index in [-0.39, 0.29) is 12.5 Å². The minimum atomic E-state index is -0.534. The maximum Gasteiger partial charge on any atom is 0.325 e. The van der Waals surface area contributed by atoms with E-state index in [1.165, 1.54) is 7.11 Å². The highest BCUT2D eigenvalue weighted by Gasteiger charge is 2.10. The van der Waals surface area contributed by atoms with Gasteiger partial charge in [-0.2, -0.15) is 0 Å². The Balaban J connectivity index is 1.93. The number of benzene rings is 2. The van der Waals surface area contributed by atoms with E-state index in [4.69, 9.17) is 4.74 Å². The zero-order valence-electron chi connectivity index (χ0n) is 14.9. The Labute approximate surface area is 157 Å². The number of esters is 1. The molecule has 0 saturated carbocycles. The number of carbonyl (C=O) groups excluding carboxylic acids is 3. The number of amides is 2. The van der Waals surface area contributed by atoms with Crippen LogP contribution in [0, 0.1) is 0 Å². The van der Waals surface area contributed by atoms with Crippen LogP contribution < -0.4 is 15.4 Å². The lowest BCUT2D eigenvalue weighted by Crippen LogP contribution is -2.30. The summed E-state index contributed by atoms with van der Waals surface area (Å²) in [5, 5.41) is 5.18. The fourth-order valence-corrected chi connectivity index (χ4v) is 2.09. The molecule has 0 aliphatic carbocycles. The number of hydrogen-bond acceptors (Lipinski definition) is 5. The van der Waals surface area contributed by atoms with Crippen LogP contribution in [0.2, 0.25) is 0 Å². The van der Waals surface area contributed by atoms with E-state index >= 15 is 0 Å². The summed E-state index contributed by atoms with van der Waals surface area (Å²) in [6, 6.07) is 13.0. The largest absolute Gasteiger partial charge is 0.490 e. The number of methoxy groups -OCH3 is 1. The van der Waals surface area contributed by atoms with Gasteiger partial charge in [0.2, 0.25) is 0 Å². The van der Waals surface area contributed by atoms with E-state index in [1.807, 2.05) is 0 Å². The Morgan fingerprint density at radius 1 is 0.963 bits per heavy atom. The average molecular weight is 368 g/mol. The number of nitrogens with one attached hydrogen (secondary N) is 2. The highest BCUT2D eigenvalue weighted by atomic mass is 16.5. The van der Waals surface area contributed by atoms with Crippen LogP contribution in [-0.4, -0.2) is 38.0 Å². The molecule has 7 heteroatoms. The van der Waals surface area contributed by atoms with E-state index in [9.17, 15) is 14.4 Å². The van der Waals surface area contributed by atoms with E-state index in [2.05, 4.69) is 21.9 Å². The fraction of sp³-hybridized carbons (Fsp3) is 0.150. The first kappa shape index (κ1) is 19.7. The van der Waals surface area contributed by atoms with Gasteiger partial charge in [0.15, 0.2) is 0 Å². The Morgan fingerprint density at radius 2 is 1.56 bits per heavy atom. The SMILES string of the molecule is C=CCOc1ccc(C(=O)Nc2ccc(C(=O)NCC(=O)OC)cc2)cc1. The van der Waals surface area contributed by atoms with Gasteiger partial charge in [-0.1, -0.05) is 12.7 Å². The van der Waals surface area contributed by atoms with E-state index in [0.29, 0.717) is 29.2 Å². The molecule has 0 aliphatic rings. The molecule has 0 bridgehead atoms. The first-order valence-electron chi connectivity index (χ1n) is 8.13. The van der Waals surface area contributed by atoms with Crippen molar-refractivity contribution in [2.45, 2.75) is 0 Å². The van der Waals surface area contributed by atoms with Crippen LogP contribution in [0.4, 0.5) is 5.69 Å². The molecular weight excluding hydrogens is 348 g/mol. The Kier molecular flexibility index (Phi) is 7.13. The molecule has 2 N–H and O–H groups in total. The van der Waals surface area contributed by atoms with Gasteiger partial charge in [-0.25, -0.2) is 0 Å². The summed E-state index contributed by atoms with van der Waals surface area (Å²) < 4.78 is 9.82. The number of ether oxygens (including phenoxy) is 2. The molecule has 0 atom stereocenters. The highest BCUT2D eigenvalue weighted by molar-refractivity contribution is 6.04. The molecule has 2 rings (SSSR count). The zero-order chi connectivity index (χ0) is 19.6. The Bertz CT molecular complexity index is 813. The van der Waals surface area contributed by atoms with Gasteiger partial charge in [0, 0.05) is 16.8 Å². The lowest BCUT2D eigenvalue weighted by atomic mass is 10.1. The van der Waals surface area contributed by atoms with Crippen LogP contribution in [-0.2, 0) is 9.53 Å². The molecule has 0 spiro atoms. The Hall–Kier alpha value is -3.61. The van der Waals surface area contributed by atoms with Crippen LogP contribution in [0.25, 0.3) is 0 Å². The monoisotopic (exact) mass is 368 g/mol. The lowest BCUT2D eigenvalue weighted by Gasteiger charge is -2.08. The van der Waals surface area contributed by atoms with Crippen LogP contribution in [0.5, 0.6) is 5.75 Å². The van der Waals surface area contributed by atoms with Crippen molar-refractivity contribution in [2.75, 3.05) is 25.6 Å². The van der Waals surface area contributed by atoms with Crippen molar-refractivity contribution in [3.05, 3.63) is 72.3 Å². The number of hydrogen-bond donors (Lipinski definition) is 2. The number of rotatable bonds is 8. The number of carbonyl (C=O) groups is 3. The maximum absolute atomic E-state index is 12.3. The average Bonchev–Trinajstić information content (AvgIpc) is 2.71. The summed E-state index contributed by atoms with van der Waals surface area (Å²) in [6.07, 6.45) is 1.64. The van der Waals surface area contributed by atoms with Crippen molar-refractivity contribution < 1.29 is 23.9 Å². The predicted octanol–water partition coefficient (Wildman–Crippen LogP) is 2.41. The van der Waals surface area contributed by atoms with Crippen molar-refractivity contribution in [1.29, 1.82) is 0 Å². The molecule has 140 valence electrons. The summed E-state index contributed by atoms with van der Waals surface area (Å²) in [4.78, 5) is 35.2. The molecule has 2 aromatic rings. The molecule has 0 heterocycles. The van der Waals surface area contributed by atoms with Crippen LogP contribution in [0.15, 0.2) is 61.2 Å². The van der Waals surface area contributed by atoms with Crippen molar-refractivity contribution in [3.8, 4) is 5.75 Å². The summed E-state index contributed by atoms with van der Waals surface area (Å²) in [5.74, 6) is -0.580.